The normalized spacial score (nSPS) is 46.6. The summed E-state index contributed by atoms with van der Waals surface area (Å²) in [6.07, 6.45) is 8.48. The van der Waals surface area contributed by atoms with E-state index < -0.39 is 11.6 Å². The van der Waals surface area contributed by atoms with Gasteiger partial charge in [0.05, 0.1) is 0 Å². The second-order valence-corrected chi connectivity index (χ2v) is 8.95. The monoisotopic (exact) mass is 356 g/mol. The van der Waals surface area contributed by atoms with Gasteiger partial charge >= 0.3 is 0 Å². The second kappa shape index (κ2) is 5.58. The van der Waals surface area contributed by atoms with Crippen LogP contribution in [0.3, 0.4) is 0 Å². The Kier molecular flexibility index (Phi) is 3.77. The molecule has 0 aromatic carbocycles. The van der Waals surface area contributed by atoms with Gasteiger partial charge in [-0.05, 0) is 68.1 Å². The molecular formula is C22H25FO3. The van der Waals surface area contributed by atoms with E-state index in [0.717, 1.165) is 18.3 Å². The molecule has 0 heterocycles. The highest BCUT2D eigenvalue weighted by Gasteiger charge is 2.60. The van der Waals surface area contributed by atoms with Crippen LogP contribution in [-0.2, 0) is 14.4 Å². The molecule has 0 aromatic rings. The molecule has 138 valence electrons. The van der Waals surface area contributed by atoms with Crippen LogP contribution in [0.25, 0.3) is 0 Å². The number of carbonyl (C=O) groups excluding carboxylic acids is 3. The molecule has 0 bridgehead atoms. The molecule has 4 heteroatoms. The Morgan fingerprint density at radius 2 is 2.00 bits per heavy atom. The van der Waals surface area contributed by atoms with Crippen molar-refractivity contribution in [3.8, 4) is 0 Å². The topological polar surface area (TPSA) is 51.2 Å². The lowest BCUT2D eigenvalue weighted by atomic mass is 9.51. The second-order valence-electron chi connectivity index (χ2n) is 8.95. The fraction of sp³-hybridized carbons (Fsp3) is 0.591. The summed E-state index contributed by atoms with van der Waals surface area (Å²) >= 11 is 0. The number of allylic oxidation sites excluding steroid dienone is 6. The number of carbonyl (C=O) groups is 3. The third-order valence-electron chi connectivity index (χ3n) is 7.65. The van der Waals surface area contributed by atoms with Crippen LogP contribution in [0.15, 0.2) is 35.5 Å². The van der Waals surface area contributed by atoms with E-state index in [1.807, 2.05) is 13.0 Å². The van der Waals surface area contributed by atoms with Crippen LogP contribution < -0.4 is 0 Å². The molecule has 4 rings (SSSR count). The summed E-state index contributed by atoms with van der Waals surface area (Å²) in [5.74, 6) is -0.523. The van der Waals surface area contributed by atoms with E-state index in [9.17, 15) is 14.4 Å². The van der Waals surface area contributed by atoms with E-state index in [-0.39, 0.29) is 40.7 Å². The number of Topliss-reactive ketones (excluding diaryl/α,β-unsaturated/α-hetero) is 1. The van der Waals surface area contributed by atoms with Gasteiger partial charge in [0.15, 0.2) is 5.78 Å². The van der Waals surface area contributed by atoms with E-state index in [4.69, 9.17) is 0 Å². The van der Waals surface area contributed by atoms with E-state index in [1.54, 1.807) is 6.92 Å². The molecule has 4 aliphatic carbocycles. The van der Waals surface area contributed by atoms with Gasteiger partial charge in [0.1, 0.15) is 18.2 Å². The summed E-state index contributed by atoms with van der Waals surface area (Å²) in [4.78, 5) is 35.7. The van der Waals surface area contributed by atoms with Crippen molar-refractivity contribution in [1.29, 1.82) is 0 Å². The Labute approximate surface area is 153 Å². The molecule has 2 fully saturated rings. The third-order valence-corrected chi connectivity index (χ3v) is 7.65. The summed E-state index contributed by atoms with van der Waals surface area (Å²) in [6.45, 7) is 5.66. The summed E-state index contributed by atoms with van der Waals surface area (Å²) in [6, 6.07) is 0. The Balaban J connectivity index is 1.81. The van der Waals surface area contributed by atoms with Crippen molar-refractivity contribution < 1.29 is 18.8 Å². The zero-order valence-electron chi connectivity index (χ0n) is 15.5. The minimum atomic E-state index is -1.16. The van der Waals surface area contributed by atoms with Crippen molar-refractivity contribution in [1.82, 2.24) is 0 Å². The fourth-order valence-electron chi connectivity index (χ4n) is 6.53. The van der Waals surface area contributed by atoms with Crippen LogP contribution in [0, 0.1) is 34.5 Å². The van der Waals surface area contributed by atoms with Crippen molar-refractivity contribution in [3.63, 3.8) is 0 Å². The van der Waals surface area contributed by atoms with Gasteiger partial charge in [-0.25, -0.2) is 4.39 Å². The standard InChI is InChI=1S/C22H25FO3/c1-12(25)20-13(11-24)8-17-15-10-19(23)18-9-14(26)4-6-21(18,2)16(15)5-7-22(17,20)3/h4-6,9,11,13,15,17,19-20H,7-8,10H2,1-3H3/t13?,15-,17+,19+,20+,21-,22+/m1/s1. The quantitative estimate of drug-likeness (QED) is 0.559. The number of aldehydes is 1. The van der Waals surface area contributed by atoms with Gasteiger partial charge in [-0.3, -0.25) is 9.59 Å². The number of rotatable bonds is 2. The lowest BCUT2D eigenvalue weighted by molar-refractivity contribution is -0.129. The predicted molar refractivity (Wildman–Crippen MR) is 96.0 cm³/mol. The highest BCUT2D eigenvalue weighted by molar-refractivity contribution is 6.01. The molecule has 0 radical (unpaired) electrons. The minimum absolute atomic E-state index is 0.00977. The molecule has 1 unspecified atom stereocenters. The van der Waals surface area contributed by atoms with Crippen LogP contribution in [0.4, 0.5) is 4.39 Å². The number of fused-ring (bicyclic) bond motifs is 5. The number of ketones is 2. The molecule has 3 nitrogen and oxygen atoms in total. The maximum absolute atomic E-state index is 15.1. The largest absolute Gasteiger partial charge is 0.303 e. The Morgan fingerprint density at radius 3 is 2.65 bits per heavy atom. The fourth-order valence-corrected chi connectivity index (χ4v) is 6.53. The Bertz CT molecular complexity index is 791. The van der Waals surface area contributed by atoms with Gasteiger partial charge in [-0.1, -0.05) is 24.6 Å². The first-order chi connectivity index (χ1) is 12.2. The van der Waals surface area contributed by atoms with Crippen molar-refractivity contribution in [3.05, 3.63) is 35.5 Å². The molecule has 0 amide bonds. The van der Waals surface area contributed by atoms with Crippen molar-refractivity contribution in [2.45, 2.75) is 46.2 Å². The Morgan fingerprint density at radius 1 is 1.27 bits per heavy atom. The average molecular weight is 356 g/mol. The molecule has 0 N–H and O–H groups in total. The lowest BCUT2D eigenvalue weighted by Gasteiger charge is -2.52. The van der Waals surface area contributed by atoms with Crippen molar-refractivity contribution in [2.24, 2.45) is 34.5 Å². The molecule has 4 aliphatic rings. The highest BCUT2D eigenvalue weighted by Crippen LogP contribution is 2.65. The summed E-state index contributed by atoms with van der Waals surface area (Å²) in [7, 11) is 0. The van der Waals surface area contributed by atoms with Crippen molar-refractivity contribution in [2.75, 3.05) is 0 Å². The highest BCUT2D eigenvalue weighted by atomic mass is 19.1. The smallest absolute Gasteiger partial charge is 0.178 e. The van der Waals surface area contributed by atoms with Crippen LogP contribution in [0.1, 0.15) is 40.0 Å². The van der Waals surface area contributed by atoms with Crippen LogP contribution in [-0.4, -0.2) is 24.0 Å². The van der Waals surface area contributed by atoms with Crippen LogP contribution >= 0.6 is 0 Å². The van der Waals surface area contributed by atoms with E-state index in [1.165, 1.54) is 12.2 Å². The maximum Gasteiger partial charge on any atom is 0.178 e. The molecule has 0 spiro atoms. The van der Waals surface area contributed by atoms with Crippen LogP contribution in [0.2, 0.25) is 0 Å². The molecule has 2 saturated carbocycles. The lowest BCUT2D eigenvalue weighted by Crippen LogP contribution is -2.47. The first kappa shape index (κ1) is 17.6. The molecule has 0 saturated heterocycles. The Hall–Kier alpha value is -1.84. The SMILES string of the molecule is CC(=O)[C@H]1C(C=O)C[C@H]2[C@@H]3C[C@H](F)C4=CC(=O)C=C[C@]4(C)C3=CC[C@]12C. The third kappa shape index (κ3) is 2.14. The number of hydrogen-bond acceptors (Lipinski definition) is 3. The molecular weight excluding hydrogens is 331 g/mol. The van der Waals surface area contributed by atoms with E-state index in [0.29, 0.717) is 18.4 Å². The number of halogens is 1. The first-order valence-electron chi connectivity index (χ1n) is 9.48. The van der Waals surface area contributed by atoms with E-state index in [2.05, 4.69) is 13.0 Å². The zero-order chi connectivity index (χ0) is 18.9. The first-order valence-corrected chi connectivity index (χ1v) is 9.48. The van der Waals surface area contributed by atoms with Gasteiger partial charge in [-0.2, -0.15) is 0 Å². The van der Waals surface area contributed by atoms with Gasteiger partial charge in [0.2, 0.25) is 0 Å². The van der Waals surface area contributed by atoms with Gasteiger partial charge in [0.25, 0.3) is 0 Å². The van der Waals surface area contributed by atoms with Crippen molar-refractivity contribution >= 4 is 17.9 Å². The predicted octanol–water partition coefficient (Wildman–Crippen LogP) is 3.79. The van der Waals surface area contributed by atoms with E-state index >= 15 is 4.39 Å². The minimum Gasteiger partial charge on any atom is -0.303 e. The maximum atomic E-state index is 15.1. The molecule has 0 aliphatic heterocycles. The molecule has 26 heavy (non-hydrogen) atoms. The summed E-state index contributed by atoms with van der Waals surface area (Å²) in [5.41, 5.74) is 0.862. The zero-order valence-corrected chi connectivity index (χ0v) is 15.5. The molecule has 7 atom stereocenters. The summed E-state index contributed by atoms with van der Waals surface area (Å²) in [5, 5.41) is 0. The average Bonchev–Trinajstić information content (AvgIpc) is 2.89. The summed E-state index contributed by atoms with van der Waals surface area (Å²) < 4.78 is 15.1. The van der Waals surface area contributed by atoms with Gasteiger partial charge in [0, 0.05) is 17.3 Å². The number of alkyl halides is 1. The number of hydrogen-bond donors (Lipinski definition) is 0. The van der Waals surface area contributed by atoms with Crippen LogP contribution in [0.5, 0.6) is 0 Å². The van der Waals surface area contributed by atoms with Gasteiger partial charge in [-0.15, -0.1) is 0 Å². The molecule has 0 aromatic heterocycles. The van der Waals surface area contributed by atoms with Gasteiger partial charge < -0.3 is 4.79 Å².